The number of hydrogen-bond donors (Lipinski definition) is 1. The van der Waals surface area contributed by atoms with Gasteiger partial charge < -0.3 is 10.2 Å². The van der Waals surface area contributed by atoms with Crippen LogP contribution < -0.4 is 10.2 Å². The van der Waals surface area contributed by atoms with E-state index in [1.807, 2.05) is 25.1 Å². The number of amides is 3. The fraction of sp³-hybridized carbons (Fsp3) is 0.333. The number of carbonyl (C=O) groups excluding carboxylic acids is 3. The lowest BCUT2D eigenvalue weighted by Gasteiger charge is -2.29. The molecule has 0 saturated carbocycles. The van der Waals surface area contributed by atoms with Crippen molar-refractivity contribution in [3.05, 3.63) is 28.2 Å². The number of nitrogens with one attached hydrogen (secondary N) is 1. The Kier molecular flexibility index (Phi) is 4.16. The number of likely N-dealkylation sites (N-methyl/N-ethyl adjacent to an activating group) is 1. The Morgan fingerprint density at radius 1 is 1.38 bits per heavy atom. The second-order valence-corrected chi connectivity index (χ2v) is 7.47. The third-order valence-corrected chi connectivity index (χ3v) is 5.51. The maximum atomic E-state index is 13.2. The van der Waals surface area contributed by atoms with Crippen molar-refractivity contribution in [2.75, 3.05) is 11.4 Å². The highest BCUT2D eigenvalue weighted by atomic mass is 79.9. The molecule has 1 N–H and O–H groups in total. The largest absolute Gasteiger partial charge is 0.309 e. The quantitative estimate of drug-likeness (QED) is 0.766. The Morgan fingerprint density at radius 3 is 2.67 bits per heavy atom. The topological polar surface area (TPSA) is 82.1 Å². The molecule has 3 amide bonds. The van der Waals surface area contributed by atoms with Gasteiger partial charge in [0, 0.05) is 30.4 Å². The number of nitrogens with zero attached hydrogens (tertiary/aromatic N) is 3. The van der Waals surface area contributed by atoms with E-state index in [2.05, 4.69) is 26.3 Å². The summed E-state index contributed by atoms with van der Waals surface area (Å²) in [5, 5.41) is 8.14. The number of anilines is 1. The van der Waals surface area contributed by atoms with Gasteiger partial charge >= 0.3 is 0 Å². The smallest absolute Gasteiger partial charge is 0.270 e. The van der Waals surface area contributed by atoms with Gasteiger partial charge in [-0.2, -0.15) is 5.01 Å². The molecular formula is C15H15BrN4O3S. The van der Waals surface area contributed by atoms with Crippen LogP contribution in [0.3, 0.4) is 0 Å². The van der Waals surface area contributed by atoms with Crippen LogP contribution >= 0.6 is 27.7 Å². The number of amidine groups is 1. The second kappa shape index (κ2) is 5.89. The summed E-state index contributed by atoms with van der Waals surface area (Å²) < 4.78 is 0.795. The summed E-state index contributed by atoms with van der Waals surface area (Å²) in [5.74, 6) is -0.934. The molecule has 1 aromatic rings. The van der Waals surface area contributed by atoms with Gasteiger partial charge in [0.2, 0.25) is 16.7 Å². The number of benzene rings is 1. The van der Waals surface area contributed by atoms with E-state index in [9.17, 15) is 14.4 Å². The first kappa shape index (κ1) is 17.0. The number of hydrogen-bond acceptors (Lipinski definition) is 5. The molecule has 7 nitrogen and oxygen atoms in total. The van der Waals surface area contributed by atoms with Gasteiger partial charge in [-0.05, 0) is 36.9 Å². The second-order valence-electron chi connectivity index (χ2n) is 5.37. The molecule has 1 aromatic carbocycles. The number of thioether (sulfide) groups is 1. The SMILES string of the molecule is CCN1C(=O)C2(SC(NC(C)=O)=NN2C(C)=O)c2cc(Br)ccc21. The van der Waals surface area contributed by atoms with Gasteiger partial charge in [-0.15, -0.1) is 5.10 Å². The van der Waals surface area contributed by atoms with Gasteiger partial charge in [0.05, 0.1) is 5.69 Å². The van der Waals surface area contributed by atoms with Crippen LogP contribution in [0, 0.1) is 0 Å². The Bertz CT molecular complexity index is 797. The maximum absolute atomic E-state index is 13.2. The van der Waals surface area contributed by atoms with E-state index in [0.717, 1.165) is 26.9 Å². The van der Waals surface area contributed by atoms with E-state index < -0.39 is 4.87 Å². The maximum Gasteiger partial charge on any atom is 0.270 e. The molecule has 0 fully saturated rings. The Balaban J connectivity index is 2.19. The molecule has 126 valence electrons. The molecule has 2 aliphatic heterocycles. The Labute approximate surface area is 151 Å². The summed E-state index contributed by atoms with van der Waals surface area (Å²) in [6.45, 7) is 5.04. The minimum Gasteiger partial charge on any atom is -0.309 e. The van der Waals surface area contributed by atoms with Crippen LogP contribution in [-0.2, 0) is 19.3 Å². The molecule has 1 atom stereocenters. The highest BCUT2D eigenvalue weighted by Crippen LogP contribution is 2.54. The fourth-order valence-electron chi connectivity index (χ4n) is 2.90. The van der Waals surface area contributed by atoms with Crippen molar-refractivity contribution in [3.8, 4) is 0 Å². The molecule has 2 aliphatic rings. The lowest BCUT2D eigenvalue weighted by Crippen LogP contribution is -2.48. The van der Waals surface area contributed by atoms with Crippen LogP contribution in [0.4, 0.5) is 5.69 Å². The van der Waals surface area contributed by atoms with Crippen molar-refractivity contribution in [2.24, 2.45) is 5.10 Å². The van der Waals surface area contributed by atoms with Gasteiger partial charge in [-0.1, -0.05) is 15.9 Å². The summed E-state index contributed by atoms with van der Waals surface area (Å²) >= 11 is 4.49. The van der Waals surface area contributed by atoms with E-state index >= 15 is 0 Å². The van der Waals surface area contributed by atoms with Crippen molar-refractivity contribution in [1.82, 2.24) is 10.3 Å². The molecule has 0 saturated heterocycles. The molecule has 0 bridgehead atoms. The molecule has 24 heavy (non-hydrogen) atoms. The monoisotopic (exact) mass is 410 g/mol. The summed E-state index contributed by atoms with van der Waals surface area (Å²) in [6.07, 6.45) is 0. The average Bonchev–Trinajstić information content (AvgIpc) is 2.98. The van der Waals surface area contributed by atoms with Crippen molar-refractivity contribution < 1.29 is 14.4 Å². The van der Waals surface area contributed by atoms with Gasteiger partial charge in [-0.3, -0.25) is 14.4 Å². The summed E-state index contributed by atoms with van der Waals surface area (Å²) in [5.41, 5.74) is 1.41. The summed E-state index contributed by atoms with van der Waals surface area (Å²) in [6, 6.07) is 5.50. The van der Waals surface area contributed by atoms with E-state index in [1.165, 1.54) is 13.8 Å². The van der Waals surface area contributed by atoms with Crippen LogP contribution in [0.2, 0.25) is 0 Å². The lowest BCUT2D eigenvalue weighted by atomic mass is 10.1. The van der Waals surface area contributed by atoms with Gasteiger partial charge in [-0.25, -0.2) is 0 Å². The fourth-order valence-corrected chi connectivity index (χ4v) is 4.58. The van der Waals surface area contributed by atoms with Crippen molar-refractivity contribution >= 4 is 56.3 Å². The molecule has 0 radical (unpaired) electrons. The lowest BCUT2D eigenvalue weighted by molar-refractivity contribution is -0.139. The molecule has 2 heterocycles. The minimum absolute atomic E-state index is 0.231. The number of hydrazone groups is 1. The molecule has 3 rings (SSSR count). The minimum atomic E-state index is -1.32. The Hall–Kier alpha value is -1.87. The molecule has 1 spiro atoms. The molecule has 0 aliphatic carbocycles. The normalized spacial score (nSPS) is 22.0. The van der Waals surface area contributed by atoms with Crippen LogP contribution in [0.1, 0.15) is 26.3 Å². The predicted octanol–water partition coefficient (Wildman–Crippen LogP) is 1.97. The molecule has 0 aromatic heterocycles. The standard InChI is InChI=1S/C15H15BrN4O3S/c1-4-19-12-6-5-10(16)7-11(12)15(13(19)23)20(9(3)22)18-14(24-15)17-8(2)21/h5-7H,4H2,1-3H3,(H,17,18,21). The van der Waals surface area contributed by atoms with E-state index in [1.54, 1.807) is 4.90 Å². The highest BCUT2D eigenvalue weighted by molar-refractivity contribution is 9.10. The number of rotatable bonds is 1. The van der Waals surface area contributed by atoms with Gasteiger partial charge in [0.25, 0.3) is 5.91 Å². The van der Waals surface area contributed by atoms with Gasteiger partial charge in [0.15, 0.2) is 5.17 Å². The first-order chi connectivity index (χ1) is 11.3. The van der Waals surface area contributed by atoms with E-state index in [0.29, 0.717) is 12.1 Å². The third-order valence-electron chi connectivity index (χ3n) is 3.78. The highest BCUT2D eigenvalue weighted by Gasteiger charge is 2.60. The van der Waals surface area contributed by atoms with E-state index in [4.69, 9.17) is 0 Å². The van der Waals surface area contributed by atoms with Crippen LogP contribution in [0.25, 0.3) is 0 Å². The first-order valence-corrected chi connectivity index (χ1v) is 8.90. The zero-order valence-corrected chi connectivity index (χ0v) is 15.7. The van der Waals surface area contributed by atoms with Crippen LogP contribution in [-0.4, -0.2) is 34.4 Å². The van der Waals surface area contributed by atoms with E-state index in [-0.39, 0.29) is 22.9 Å². The van der Waals surface area contributed by atoms with Crippen molar-refractivity contribution in [2.45, 2.75) is 25.6 Å². The van der Waals surface area contributed by atoms with Crippen LogP contribution in [0.15, 0.2) is 27.8 Å². The van der Waals surface area contributed by atoms with Crippen molar-refractivity contribution in [3.63, 3.8) is 0 Å². The van der Waals surface area contributed by atoms with Gasteiger partial charge in [0.1, 0.15) is 0 Å². The van der Waals surface area contributed by atoms with Crippen LogP contribution in [0.5, 0.6) is 0 Å². The zero-order chi connectivity index (χ0) is 17.6. The molecule has 1 unspecified atom stereocenters. The number of fused-ring (bicyclic) bond motifs is 2. The first-order valence-electron chi connectivity index (χ1n) is 7.29. The third kappa shape index (κ3) is 2.34. The van der Waals surface area contributed by atoms with Crippen molar-refractivity contribution in [1.29, 1.82) is 0 Å². The Morgan fingerprint density at radius 2 is 2.08 bits per heavy atom. The zero-order valence-electron chi connectivity index (χ0n) is 13.3. The molecular weight excluding hydrogens is 396 g/mol. The number of halogens is 1. The summed E-state index contributed by atoms with van der Waals surface area (Å²) in [4.78, 5) is 37.0. The molecule has 9 heteroatoms. The average molecular weight is 411 g/mol. The summed E-state index contributed by atoms with van der Waals surface area (Å²) in [7, 11) is 0. The number of carbonyl (C=O) groups is 3. The predicted molar refractivity (Wildman–Crippen MR) is 95.2 cm³/mol.